The maximum Gasteiger partial charge on any atom is 0.175 e. The molecule has 0 unspecified atom stereocenters. The topological polar surface area (TPSA) is 68.3 Å². The van der Waals surface area contributed by atoms with Gasteiger partial charge >= 0.3 is 0 Å². The molecule has 132 valence electrons. The highest BCUT2D eigenvalue weighted by molar-refractivity contribution is 7.99. The molecule has 0 saturated heterocycles. The summed E-state index contributed by atoms with van der Waals surface area (Å²) in [4.78, 5) is 5.67. The molecule has 0 spiro atoms. The Hall–Kier alpha value is -2.51. The fourth-order valence-electron chi connectivity index (χ4n) is 2.59. The standard InChI is InChI=1S/C19H16N2O3S2/c1-26(22,23)15-7-4-13(5-8-15)12-21-14-6-9-18-17(11-14)24-16-3-2-10-20-19(16)25-18/h2-11,21H,12H2,1H3. The van der Waals surface area contributed by atoms with Gasteiger partial charge in [0.05, 0.1) is 9.79 Å². The van der Waals surface area contributed by atoms with E-state index in [2.05, 4.69) is 10.3 Å². The van der Waals surface area contributed by atoms with E-state index in [4.69, 9.17) is 4.74 Å². The van der Waals surface area contributed by atoms with Gasteiger partial charge in [-0.2, -0.15) is 0 Å². The number of ether oxygens (including phenoxy) is 1. The molecule has 0 aliphatic carbocycles. The van der Waals surface area contributed by atoms with Crippen molar-refractivity contribution < 1.29 is 13.2 Å². The van der Waals surface area contributed by atoms with E-state index in [0.717, 1.165) is 32.7 Å². The van der Waals surface area contributed by atoms with Gasteiger partial charge in [0.2, 0.25) is 0 Å². The van der Waals surface area contributed by atoms with Crippen molar-refractivity contribution in [3.63, 3.8) is 0 Å². The molecule has 26 heavy (non-hydrogen) atoms. The minimum atomic E-state index is -3.17. The highest BCUT2D eigenvalue weighted by Crippen LogP contribution is 2.46. The van der Waals surface area contributed by atoms with Gasteiger partial charge in [0, 0.05) is 30.8 Å². The molecule has 2 heterocycles. The average molecular weight is 384 g/mol. The average Bonchev–Trinajstić information content (AvgIpc) is 2.64. The molecular weight excluding hydrogens is 368 g/mol. The van der Waals surface area contributed by atoms with Gasteiger partial charge in [-0.3, -0.25) is 0 Å². The lowest BCUT2D eigenvalue weighted by molar-refractivity contribution is 0.449. The number of hydrogen-bond donors (Lipinski definition) is 1. The maximum absolute atomic E-state index is 11.5. The summed E-state index contributed by atoms with van der Waals surface area (Å²) in [5.41, 5.74) is 1.93. The van der Waals surface area contributed by atoms with E-state index in [9.17, 15) is 8.42 Å². The van der Waals surface area contributed by atoms with Crippen molar-refractivity contribution in [2.24, 2.45) is 0 Å². The largest absolute Gasteiger partial charge is 0.453 e. The van der Waals surface area contributed by atoms with Gasteiger partial charge in [-0.05, 0) is 42.0 Å². The van der Waals surface area contributed by atoms with Crippen molar-refractivity contribution in [1.82, 2.24) is 4.98 Å². The van der Waals surface area contributed by atoms with Crippen LogP contribution in [-0.4, -0.2) is 19.7 Å². The zero-order chi connectivity index (χ0) is 18.1. The first-order valence-corrected chi connectivity index (χ1v) is 10.7. The number of anilines is 1. The molecule has 0 radical (unpaired) electrons. The number of benzene rings is 2. The summed E-state index contributed by atoms with van der Waals surface area (Å²) in [5, 5.41) is 4.21. The van der Waals surface area contributed by atoms with Gasteiger partial charge < -0.3 is 10.1 Å². The van der Waals surface area contributed by atoms with Gasteiger partial charge in [-0.15, -0.1) is 0 Å². The first kappa shape index (κ1) is 16.9. The van der Waals surface area contributed by atoms with Crippen molar-refractivity contribution in [3.8, 4) is 11.5 Å². The molecule has 1 aromatic heterocycles. The van der Waals surface area contributed by atoms with Gasteiger partial charge in [-0.25, -0.2) is 13.4 Å². The molecule has 0 amide bonds. The lowest BCUT2D eigenvalue weighted by atomic mass is 10.2. The summed E-state index contributed by atoms with van der Waals surface area (Å²) in [7, 11) is -3.17. The second-order valence-corrected chi connectivity index (χ2v) is 8.99. The number of aromatic nitrogens is 1. The molecule has 1 N–H and O–H groups in total. The third-order valence-electron chi connectivity index (χ3n) is 3.95. The third-order valence-corrected chi connectivity index (χ3v) is 6.14. The first-order valence-electron chi connectivity index (χ1n) is 7.97. The second kappa shape index (κ2) is 6.66. The molecule has 0 atom stereocenters. The summed E-state index contributed by atoms with van der Waals surface area (Å²) < 4.78 is 29.0. The van der Waals surface area contributed by atoms with Crippen LogP contribution < -0.4 is 10.1 Å². The van der Waals surface area contributed by atoms with Crippen LogP contribution in [0.5, 0.6) is 11.5 Å². The van der Waals surface area contributed by atoms with E-state index in [1.807, 2.05) is 42.5 Å². The number of fused-ring (bicyclic) bond motifs is 2. The minimum Gasteiger partial charge on any atom is -0.453 e. The lowest BCUT2D eigenvalue weighted by Gasteiger charge is -2.19. The predicted octanol–water partition coefficient (Wildman–Crippen LogP) is 4.35. The molecule has 4 rings (SSSR count). The van der Waals surface area contributed by atoms with E-state index < -0.39 is 9.84 Å². The minimum absolute atomic E-state index is 0.327. The molecule has 0 bridgehead atoms. The van der Waals surface area contributed by atoms with Gasteiger partial charge in [0.15, 0.2) is 15.6 Å². The highest BCUT2D eigenvalue weighted by atomic mass is 32.2. The van der Waals surface area contributed by atoms with Crippen LogP contribution >= 0.6 is 11.8 Å². The number of nitrogens with zero attached hydrogens (tertiary/aromatic N) is 1. The number of nitrogens with one attached hydrogen (secondary N) is 1. The van der Waals surface area contributed by atoms with Crippen molar-refractivity contribution in [1.29, 1.82) is 0 Å². The van der Waals surface area contributed by atoms with Gasteiger partial charge in [0.1, 0.15) is 10.8 Å². The van der Waals surface area contributed by atoms with Crippen molar-refractivity contribution in [2.75, 3.05) is 11.6 Å². The van der Waals surface area contributed by atoms with E-state index in [-0.39, 0.29) is 0 Å². The number of rotatable bonds is 4. The van der Waals surface area contributed by atoms with Crippen LogP contribution in [0.25, 0.3) is 0 Å². The molecule has 0 saturated carbocycles. The van der Waals surface area contributed by atoms with Crippen molar-refractivity contribution in [2.45, 2.75) is 21.4 Å². The second-order valence-electron chi connectivity index (χ2n) is 5.94. The fraction of sp³-hybridized carbons (Fsp3) is 0.105. The molecule has 3 aromatic rings. The lowest BCUT2D eigenvalue weighted by Crippen LogP contribution is -2.02. The quantitative estimate of drug-likeness (QED) is 0.564. The summed E-state index contributed by atoms with van der Waals surface area (Å²) in [5.74, 6) is 1.56. The predicted molar refractivity (Wildman–Crippen MR) is 102 cm³/mol. The Bertz CT molecular complexity index is 1060. The molecule has 0 fully saturated rings. The normalized spacial score (nSPS) is 12.7. The Morgan fingerprint density at radius 1 is 1.08 bits per heavy atom. The SMILES string of the molecule is CS(=O)(=O)c1ccc(CNc2ccc3c(c2)Oc2cccnc2S3)cc1. The monoisotopic (exact) mass is 384 g/mol. The molecular formula is C19H16N2O3S2. The van der Waals surface area contributed by atoms with Crippen molar-refractivity contribution in [3.05, 3.63) is 66.4 Å². The van der Waals surface area contributed by atoms with Crippen LogP contribution in [0.4, 0.5) is 5.69 Å². The highest BCUT2D eigenvalue weighted by Gasteiger charge is 2.18. The van der Waals surface area contributed by atoms with Gasteiger partial charge in [-0.1, -0.05) is 23.9 Å². The van der Waals surface area contributed by atoms with E-state index in [1.165, 1.54) is 6.26 Å². The number of pyridine rings is 1. The van der Waals surface area contributed by atoms with Crippen LogP contribution in [0.1, 0.15) is 5.56 Å². The Morgan fingerprint density at radius 3 is 2.65 bits per heavy atom. The Morgan fingerprint density at radius 2 is 1.88 bits per heavy atom. The van der Waals surface area contributed by atoms with Crippen LogP contribution in [0.15, 0.2) is 75.6 Å². The van der Waals surface area contributed by atoms with E-state index >= 15 is 0 Å². The molecule has 1 aliphatic heterocycles. The Balaban J connectivity index is 1.47. The Labute approximate surface area is 156 Å². The van der Waals surface area contributed by atoms with Gasteiger partial charge in [0.25, 0.3) is 0 Å². The molecule has 2 aromatic carbocycles. The summed E-state index contributed by atoms with van der Waals surface area (Å²) in [6.07, 6.45) is 2.96. The number of sulfone groups is 1. The fourth-order valence-corrected chi connectivity index (χ4v) is 4.09. The summed E-state index contributed by atoms with van der Waals surface area (Å²) >= 11 is 1.59. The maximum atomic E-state index is 11.5. The Kier molecular flexibility index (Phi) is 4.34. The van der Waals surface area contributed by atoms with E-state index in [1.54, 1.807) is 30.1 Å². The molecule has 5 nitrogen and oxygen atoms in total. The van der Waals surface area contributed by atoms with Crippen LogP contribution in [0.2, 0.25) is 0 Å². The van der Waals surface area contributed by atoms with E-state index in [0.29, 0.717) is 11.4 Å². The van der Waals surface area contributed by atoms with Crippen LogP contribution in [0, 0.1) is 0 Å². The van der Waals surface area contributed by atoms with Crippen LogP contribution in [-0.2, 0) is 16.4 Å². The summed E-state index contributed by atoms with van der Waals surface area (Å²) in [6.45, 7) is 0.591. The smallest absolute Gasteiger partial charge is 0.175 e. The first-order chi connectivity index (χ1) is 12.5. The molecule has 7 heteroatoms. The van der Waals surface area contributed by atoms with Crippen molar-refractivity contribution >= 4 is 27.3 Å². The zero-order valence-corrected chi connectivity index (χ0v) is 15.6. The zero-order valence-electron chi connectivity index (χ0n) is 14.0. The number of hydrogen-bond acceptors (Lipinski definition) is 6. The third kappa shape index (κ3) is 3.54. The summed E-state index contributed by atoms with van der Waals surface area (Å²) in [6, 6.07) is 16.6. The van der Waals surface area contributed by atoms with Crippen LogP contribution in [0.3, 0.4) is 0 Å². The molecule has 1 aliphatic rings.